The number of amides is 1. The Labute approximate surface area is 113 Å². The maximum absolute atomic E-state index is 12.0. The normalized spacial score (nSPS) is 10.5. The predicted octanol–water partition coefficient (Wildman–Crippen LogP) is 1.12. The van der Waals surface area contributed by atoms with Crippen LogP contribution in [0.4, 0.5) is 5.69 Å². The molecule has 19 heavy (non-hydrogen) atoms. The lowest BCUT2D eigenvalue weighted by Crippen LogP contribution is -2.30. The van der Waals surface area contributed by atoms with E-state index in [0.717, 1.165) is 5.57 Å². The second kappa shape index (κ2) is 6.94. The van der Waals surface area contributed by atoms with Gasteiger partial charge in [0.15, 0.2) is 0 Å². The topological polar surface area (TPSA) is 82.2 Å². The van der Waals surface area contributed by atoms with Crippen molar-refractivity contribution in [2.24, 2.45) is 0 Å². The number of aromatic nitrogens is 2. The van der Waals surface area contributed by atoms with Crippen LogP contribution < -0.4 is 11.1 Å². The third kappa shape index (κ3) is 4.10. The van der Waals surface area contributed by atoms with Crippen molar-refractivity contribution in [1.29, 1.82) is 0 Å². The standard InChI is InChI=1S/C13H22N4O2/c1-5-17-12(11(14)10(4)16-17)13(18)15-6-7-19-8-9(2)3/h2,5-8,14H2,1,3-4H3,(H,15,18). The van der Waals surface area contributed by atoms with Crippen molar-refractivity contribution in [3.8, 4) is 0 Å². The lowest BCUT2D eigenvalue weighted by molar-refractivity contribution is 0.0917. The van der Waals surface area contributed by atoms with E-state index in [4.69, 9.17) is 10.5 Å². The summed E-state index contributed by atoms with van der Waals surface area (Å²) in [6, 6.07) is 0. The predicted molar refractivity (Wildman–Crippen MR) is 75.0 cm³/mol. The lowest BCUT2D eigenvalue weighted by atomic mass is 10.3. The summed E-state index contributed by atoms with van der Waals surface area (Å²) in [5.41, 5.74) is 8.34. The Morgan fingerprint density at radius 1 is 1.58 bits per heavy atom. The molecule has 6 heteroatoms. The molecular weight excluding hydrogens is 244 g/mol. The Bertz CT molecular complexity index is 465. The second-order valence-electron chi connectivity index (χ2n) is 4.43. The Kier molecular flexibility index (Phi) is 5.57. The van der Waals surface area contributed by atoms with Gasteiger partial charge in [0.2, 0.25) is 0 Å². The monoisotopic (exact) mass is 266 g/mol. The first kappa shape index (κ1) is 15.2. The molecule has 106 valence electrons. The van der Waals surface area contributed by atoms with Gasteiger partial charge in [0.25, 0.3) is 5.91 Å². The number of nitrogen functional groups attached to an aromatic ring is 1. The molecule has 0 unspecified atom stereocenters. The third-order valence-corrected chi connectivity index (χ3v) is 2.57. The van der Waals surface area contributed by atoms with Gasteiger partial charge in [-0.25, -0.2) is 0 Å². The summed E-state index contributed by atoms with van der Waals surface area (Å²) in [6.07, 6.45) is 0. The van der Waals surface area contributed by atoms with Crippen molar-refractivity contribution in [3.63, 3.8) is 0 Å². The van der Waals surface area contributed by atoms with E-state index in [9.17, 15) is 4.79 Å². The van der Waals surface area contributed by atoms with E-state index in [0.29, 0.717) is 43.4 Å². The zero-order chi connectivity index (χ0) is 14.4. The van der Waals surface area contributed by atoms with Crippen LogP contribution in [0.25, 0.3) is 0 Å². The first-order chi connectivity index (χ1) is 8.97. The van der Waals surface area contributed by atoms with Gasteiger partial charge in [-0.3, -0.25) is 9.48 Å². The molecule has 0 aliphatic heterocycles. The molecule has 0 radical (unpaired) electrons. The van der Waals surface area contributed by atoms with Gasteiger partial charge in [0.1, 0.15) is 5.69 Å². The van der Waals surface area contributed by atoms with Gasteiger partial charge in [-0.1, -0.05) is 12.2 Å². The van der Waals surface area contributed by atoms with Crippen molar-refractivity contribution in [1.82, 2.24) is 15.1 Å². The average molecular weight is 266 g/mol. The van der Waals surface area contributed by atoms with E-state index in [-0.39, 0.29) is 5.91 Å². The summed E-state index contributed by atoms with van der Waals surface area (Å²) in [4.78, 5) is 12.0. The Morgan fingerprint density at radius 3 is 2.84 bits per heavy atom. The van der Waals surface area contributed by atoms with Gasteiger partial charge in [-0.2, -0.15) is 5.10 Å². The molecule has 0 bridgehead atoms. The average Bonchev–Trinajstić information content (AvgIpc) is 2.64. The quantitative estimate of drug-likeness (QED) is 0.572. The highest BCUT2D eigenvalue weighted by Gasteiger charge is 2.18. The van der Waals surface area contributed by atoms with E-state index in [1.54, 1.807) is 11.6 Å². The van der Waals surface area contributed by atoms with Crippen molar-refractivity contribution in [2.75, 3.05) is 25.5 Å². The summed E-state index contributed by atoms with van der Waals surface area (Å²) in [5, 5.41) is 6.97. The van der Waals surface area contributed by atoms with Gasteiger partial charge >= 0.3 is 0 Å². The fourth-order valence-corrected chi connectivity index (χ4v) is 1.63. The molecule has 0 aromatic carbocycles. The molecule has 1 aromatic rings. The molecule has 3 N–H and O–H groups in total. The summed E-state index contributed by atoms with van der Waals surface area (Å²) < 4.78 is 6.91. The molecule has 1 amide bonds. The van der Waals surface area contributed by atoms with Crippen molar-refractivity contribution < 1.29 is 9.53 Å². The molecule has 0 fully saturated rings. The highest BCUT2D eigenvalue weighted by molar-refractivity contribution is 5.97. The number of carbonyl (C=O) groups is 1. The molecule has 1 aromatic heterocycles. The van der Waals surface area contributed by atoms with Crippen LogP contribution in [0.1, 0.15) is 30.0 Å². The van der Waals surface area contributed by atoms with Gasteiger partial charge in [0, 0.05) is 13.1 Å². The third-order valence-electron chi connectivity index (χ3n) is 2.57. The molecule has 0 atom stereocenters. The zero-order valence-corrected chi connectivity index (χ0v) is 11.8. The molecule has 0 saturated heterocycles. The number of anilines is 1. The largest absolute Gasteiger partial charge is 0.395 e. The highest BCUT2D eigenvalue weighted by Crippen LogP contribution is 2.15. The number of rotatable bonds is 7. The van der Waals surface area contributed by atoms with Crippen molar-refractivity contribution in [3.05, 3.63) is 23.5 Å². The molecule has 0 aliphatic rings. The van der Waals surface area contributed by atoms with Crippen molar-refractivity contribution in [2.45, 2.75) is 27.3 Å². The van der Waals surface area contributed by atoms with E-state index in [1.807, 2.05) is 13.8 Å². The van der Waals surface area contributed by atoms with E-state index < -0.39 is 0 Å². The van der Waals surface area contributed by atoms with Gasteiger partial charge in [0.05, 0.1) is 24.6 Å². The fourth-order valence-electron chi connectivity index (χ4n) is 1.63. The van der Waals surface area contributed by atoms with Crippen LogP contribution in [0.5, 0.6) is 0 Å². The molecule has 0 saturated carbocycles. The molecule has 0 spiro atoms. The lowest BCUT2D eigenvalue weighted by Gasteiger charge is -2.08. The first-order valence-electron chi connectivity index (χ1n) is 6.30. The smallest absolute Gasteiger partial charge is 0.271 e. The number of aryl methyl sites for hydroxylation is 2. The highest BCUT2D eigenvalue weighted by atomic mass is 16.5. The number of nitrogens with one attached hydrogen (secondary N) is 1. The molecule has 6 nitrogen and oxygen atoms in total. The number of nitrogens with zero attached hydrogens (tertiary/aromatic N) is 2. The first-order valence-corrected chi connectivity index (χ1v) is 6.30. The Balaban J connectivity index is 2.52. The summed E-state index contributed by atoms with van der Waals surface area (Å²) >= 11 is 0. The molecule has 0 aliphatic carbocycles. The van der Waals surface area contributed by atoms with Gasteiger partial charge < -0.3 is 15.8 Å². The van der Waals surface area contributed by atoms with Crippen molar-refractivity contribution >= 4 is 11.6 Å². The minimum atomic E-state index is -0.223. The summed E-state index contributed by atoms with van der Waals surface area (Å²) in [6.45, 7) is 11.3. The van der Waals surface area contributed by atoms with Crippen LogP contribution in [0.3, 0.4) is 0 Å². The number of ether oxygens (including phenoxy) is 1. The molecule has 1 rings (SSSR count). The number of nitrogens with two attached hydrogens (primary N) is 1. The fraction of sp³-hybridized carbons (Fsp3) is 0.538. The van der Waals surface area contributed by atoms with Crippen LogP contribution >= 0.6 is 0 Å². The van der Waals surface area contributed by atoms with Crippen LogP contribution in [0, 0.1) is 6.92 Å². The van der Waals surface area contributed by atoms with Gasteiger partial charge in [-0.05, 0) is 20.8 Å². The van der Waals surface area contributed by atoms with E-state index in [2.05, 4.69) is 17.0 Å². The number of hydrogen-bond acceptors (Lipinski definition) is 4. The zero-order valence-electron chi connectivity index (χ0n) is 11.8. The van der Waals surface area contributed by atoms with Crippen LogP contribution in [-0.2, 0) is 11.3 Å². The van der Waals surface area contributed by atoms with E-state index >= 15 is 0 Å². The maximum atomic E-state index is 12.0. The number of hydrogen-bond donors (Lipinski definition) is 2. The second-order valence-corrected chi connectivity index (χ2v) is 4.43. The van der Waals surface area contributed by atoms with Crippen LogP contribution in [0.2, 0.25) is 0 Å². The maximum Gasteiger partial charge on any atom is 0.271 e. The van der Waals surface area contributed by atoms with Gasteiger partial charge in [-0.15, -0.1) is 0 Å². The Morgan fingerprint density at radius 2 is 2.26 bits per heavy atom. The summed E-state index contributed by atoms with van der Waals surface area (Å²) in [5.74, 6) is -0.223. The molecule has 1 heterocycles. The van der Waals surface area contributed by atoms with Crippen LogP contribution in [-0.4, -0.2) is 35.4 Å². The Hall–Kier alpha value is -1.82. The SMILES string of the molecule is C=C(C)COCCNC(=O)c1c(N)c(C)nn1CC. The van der Waals surface area contributed by atoms with Crippen LogP contribution in [0.15, 0.2) is 12.2 Å². The minimum absolute atomic E-state index is 0.223. The summed E-state index contributed by atoms with van der Waals surface area (Å²) in [7, 11) is 0. The minimum Gasteiger partial charge on any atom is -0.395 e. The molecular formula is C13H22N4O2. The van der Waals surface area contributed by atoms with E-state index in [1.165, 1.54) is 0 Å². The number of carbonyl (C=O) groups excluding carboxylic acids is 1.